The lowest BCUT2D eigenvalue weighted by Gasteiger charge is -2.10. The van der Waals surface area contributed by atoms with Crippen LogP contribution in [-0.2, 0) is 0 Å². The zero-order chi connectivity index (χ0) is 17.1. The van der Waals surface area contributed by atoms with Gasteiger partial charge in [0, 0.05) is 30.2 Å². The lowest BCUT2D eigenvalue weighted by Crippen LogP contribution is -2.23. The van der Waals surface area contributed by atoms with E-state index in [-0.39, 0.29) is 6.03 Å². The standard InChI is InChI=1S/C18H16ClN3OS/c1-21(2)17(23)20-18-22(15-10-8-14(19)9-11-15)16(12-24-18)13-6-4-3-5-7-13/h3-12H,1-2H3. The van der Waals surface area contributed by atoms with Gasteiger partial charge >= 0.3 is 6.03 Å². The van der Waals surface area contributed by atoms with E-state index in [0.717, 1.165) is 16.9 Å². The molecular formula is C18H16ClN3OS. The lowest BCUT2D eigenvalue weighted by atomic mass is 10.1. The topological polar surface area (TPSA) is 37.6 Å². The zero-order valence-electron chi connectivity index (χ0n) is 13.3. The highest BCUT2D eigenvalue weighted by Crippen LogP contribution is 2.24. The van der Waals surface area contributed by atoms with Crippen LogP contribution in [0.1, 0.15) is 0 Å². The average molecular weight is 358 g/mol. The number of carbonyl (C=O) groups excluding carboxylic acids is 1. The molecular weight excluding hydrogens is 342 g/mol. The van der Waals surface area contributed by atoms with E-state index >= 15 is 0 Å². The summed E-state index contributed by atoms with van der Waals surface area (Å²) in [6.45, 7) is 0. The van der Waals surface area contributed by atoms with E-state index in [1.807, 2.05) is 64.5 Å². The summed E-state index contributed by atoms with van der Waals surface area (Å²) in [6, 6.07) is 17.2. The summed E-state index contributed by atoms with van der Waals surface area (Å²) in [5, 5.41) is 2.67. The maximum absolute atomic E-state index is 12.0. The fourth-order valence-electron chi connectivity index (χ4n) is 2.22. The van der Waals surface area contributed by atoms with Gasteiger partial charge < -0.3 is 4.90 Å². The number of aromatic nitrogens is 1. The highest BCUT2D eigenvalue weighted by Gasteiger charge is 2.11. The molecule has 3 rings (SSSR count). The van der Waals surface area contributed by atoms with Gasteiger partial charge in [-0.25, -0.2) is 4.79 Å². The smallest absolute Gasteiger partial charge is 0.329 e. The van der Waals surface area contributed by atoms with Gasteiger partial charge in [0.15, 0.2) is 4.80 Å². The predicted molar refractivity (Wildman–Crippen MR) is 98.7 cm³/mol. The van der Waals surface area contributed by atoms with Crippen molar-refractivity contribution in [1.82, 2.24) is 9.47 Å². The number of halogens is 1. The molecule has 1 aromatic heterocycles. The molecule has 0 bridgehead atoms. The van der Waals surface area contributed by atoms with Gasteiger partial charge in [-0.15, -0.1) is 11.3 Å². The summed E-state index contributed by atoms with van der Waals surface area (Å²) < 4.78 is 1.97. The van der Waals surface area contributed by atoms with E-state index < -0.39 is 0 Å². The Morgan fingerprint density at radius 2 is 1.75 bits per heavy atom. The summed E-state index contributed by atoms with van der Waals surface area (Å²) in [5.41, 5.74) is 2.94. The Bertz CT molecular complexity index is 911. The summed E-state index contributed by atoms with van der Waals surface area (Å²) in [4.78, 5) is 18.3. The van der Waals surface area contributed by atoms with Gasteiger partial charge in [0.05, 0.1) is 5.69 Å². The van der Waals surface area contributed by atoms with Crippen molar-refractivity contribution in [3.8, 4) is 16.9 Å². The minimum atomic E-state index is -0.292. The molecule has 0 radical (unpaired) electrons. The van der Waals surface area contributed by atoms with E-state index in [9.17, 15) is 4.79 Å². The van der Waals surface area contributed by atoms with Gasteiger partial charge in [0.2, 0.25) is 0 Å². The van der Waals surface area contributed by atoms with Crippen molar-refractivity contribution in [2.75, 3.05) is 14.1 Å². The number of nitrogens with zero attached hydrogens (tertiary/aromatic N) is 3. The van der Waals surface area contributed by atoms with E-state index in [0.29, 0.717) is 9.82 Å². The highest BCUT2D eigenvalue weighted by atomic mass is 35.5. The number of thiazole rings is 1. The Morgan fingerprint density at radius 3 is 2.38 bits per heavy atom. The Hall–Kier alpha value is -2.37. The molecule has 122 valence electrons. The van der Waals surface area contributed by atoms with Crippen LogP contribution in [0.25, 0.3) is 16.9 Å². The average Bonchev–Trinajstić information content (AvgIpc) is 3.00. The fraction of sp³-hybridized carbons (Fsp3) is 0.111. The second-order valence-electron chi connectivity index (χ2n) is 5.37. The lowest BCUT2D eigenvalue weighted by molar-refractivity contribution is 0.226. The van der Waals surface area contributed by atoms with Crippen molar-refractivity contribution in [2.24, 2.45) is 4.99 Å². The first-order valence-electron chi connectivity index (χ1n) is 7.34. The molecule has 2 aromatic carbocycles. The van der Waals surface area contributed by atoms with Crippen molar-refractivity contribution >= 4 is 29.0 Å². The number of benzene rings is 2. The number of hydrogen-bond donors (Lipinski definition) is 0. The van der Waals surface area contributed by atoms with Crippen molar-refractivity contribution in [3.63, 3.8) is 0 Å². The van der Waals surface area contributed by atoms with Gasteiger partial charge in [0.1, 0.15) is 0 Å². The monoisotopic (exact) mass is 357 g/mol. The zero-order valence-corrected chi connectivity index (χ0v) is 14.9. The Balaban J connectivity index is 2.23. The van der Waals surface area contributed by atoms with Crippen LogP contribution in [0.3, 0.4) is 0 Å². The second kappa shape index (κ2) is 7.03. The van der Waals surface area contributed by atoms with Crippen molar-refractivity contribution < 1.29 is 4.79 Å². The third-order valence-corrected chi connectivity index (χ3v) is 4.51. The summed E-state index contributed by atoms with van der Waals surface area (Å²) in [6.07, 6.45) is 0. The van der Waals surface area contributed by atoms with E-state index in [2.05, 4.69) is 4.99 Å². The van der Waals surface area contributed by atoms with Crippen LogP contribution >= 0.6 is 22.9 Å². The first-order chi connectivity index (χ1) is 11.6. The molecule has 0 saturated heterocycles. The largest absolute Gasteiger partial charge is 0.345 e. The predicted octanol–water partition coefficient (Wildman–Crippen LogP) is 4.44. The van der Waals surface area contributed by atoms with Gasteiger partial charge in [-0.3, -0.25) is 4.57 Å². The van der Waals surface area contributed by atoms with Gasteiger partial charge in [-0.05, 0) is 29.8 Å². The maximum atomic E-state index is 12.0. The molecule has 3 aromatic rings. The van der Waals surface area contributed by atoms with Gasteiger partial charge in [-0.2, -0.15) is 4.99 Å². The van der Waals surface area contributed by atoms with Crippen LogP contribution in [0.15, 0.2) is 65.0 Å². The molecule has 0 aliphatic carbocycles. The fourth-order valence-corrected chi connectivity index (χ4v) is 3.25. The third-order valence-electron chi connectivity index (χ3n) is 3.44. The van der Waals surface area contributed by atoms with Crippen LogP contribution in [0.5, 0.6) is 0 Å². The van der Waals surface area contributed by atoms with E-state index in [1.54, 1.807) is 14.1 Å². The maximum Gasteiger partial charge on any atom is 0.345 e. The molecule has 1 heterocycles. The molecule has 0 N–H and O–H groups in total. The molecule has 0 aliphatic rings. The Labute approximate surface area is 149 Å². The molecule has 4 nitrogen and oxygen atoms in total. The molecule has 0 fully saturated rings. The normalized spacial score (nSPS) is 11.5. The van der Waals surface area contributed by atoms with E-state index in [4.69, 9.17) is 11.6 Å². The summed E-state index contributed by atoms with van der Waals surface area (Å²) in [5.74, 6) is 0. The van der Waals surface area contributed by atoms with Crippen LogP contribution in [0.4, 0.5) is 4.79 Å². The minimum Gasteiger partial charge on any atom is -0.329 e. The number of rotatable bonds is 2. The molecule has 2 amide bonds. The molecule has 6 heteroatoms. The van der Waals surface area contributed by atoms with Gasteiger partial charge in [-0.1, -0.05) is 41.9 Å². The van der Waals surface area contributed by atoms with Crippen LogP contribution in [0, 0.1) is 0 Å². The SMILES string of the molecule is CN(C)C(=O)N=c1scc(-c2ccccc2)n1-c1ccc(Cl)cc1. The van der Waals surface area contributed by atoms with Crippen molar-refractivity contribution in [1.29, 1.82) is 0 Å². The van der Waals surface area contributed by atoms with Crippen molar-refractivity contribution in [2.45, 2.75) is 0 Å². The Morgan fingerprint density at radius 1 is 1.08 bits per heavy atom. The molecule has 0 spiro atoms. The number of amides is 2. The van der Waals surface area contributed by atoms with E-state index in [1.165, 1.54) is 16.2 Å². The number of hydrogen-bond acceptors (Lipinski definition) is 2. The molecule has 0 aliphatic heterocycles. The molecule has 0 unspecified atom stereocenters. The minimum absolute atomic E-state index is 0.292. The summed E-state index contributed by atoms with van der Waals surface area (Å²) >= 11 is 7.44. The quantitative estimate of drug-likeness (QED) is 0.668. The van der Waals surface area contributed by atoms with Crippen molar-refractivity contribution in [3.05, 3.63) is 69.8 Å². The third kappa shape index (κ3) is 3.42. The first kappa shape index (κ1) is 16.5. The summed E-state index contributed by atoms with van der Waals surface area (Å²) in [7, 11) is 3.37. The van der Waals surface area contributed by atoms with Crippen LogP contribution in [0.2, 0.25) is 5.02 Å². The van der Waals surface area contributed by atoms with Gasteiger partial charge in [0.25, 0.3) is 0 Å². The highest BCUT2D eigenvalue weighted by molar-refractivity contribution is 7.07. The number of carbonyl (C=O) groups is 1. The first-order valence-corrected chi connectivity index (χ1v) is 8.60. The van der Waals surface area contributed by atoms with Crippen LogP contribution in [-0.4, -0.2) is 29.6 Å². The number of urea groups is 1. The second-order valence-corrected chi connectivity index (χ2v) is 6.64. The molecule has 24 heavy (non-hydrogen) atoms. The molecule has 0 atom stereocenters. The molecule has 0 saturated carbocycles. The van der Waals surface area contributed by atoms with Crippen LogP contribution < -0.4 is 4.80 Å². The Kier molecular flexibility index (Phi) is 4.83.